The topological polar surface area (TPSA) is 31.6 Å². The molecule has 0 aliphatic rings. The zero-order valence-corrected chi connectivity index (χ0v) is 25.1. The number of benzene rings is 7. The molecule has 0 fully saturated rings. The van der Waals surface area contributed by atoms with Gasteiger partial charge in [0, 0.05) is 33.8 Å². The van der Waals surface area contributed by atoms with Gasteiger partial charge in [0.15, 0.2) is 0 Å². The summed E-state index contributed by atoms with van der Waals surface area (Å²) < 4.78 is 6.23. The zero-order valence-electron chi connectivity index (χ0n) is 25.1. The third-order valence-electron chi connectivity index (χ3n) is 8.16. The van der Waals surface area contributed by atoms with Crippen LogP contribution >= 0.6 is 0 Å². The maximum absolute atomic E-state index is 6.23. The molecule has 0 bridgehead atoms. The van der Waals surface area contributed by atoms with Gasteiger partial charge in [-0.25, -0.2) is 0 Å². The second-order valence-corrected chi connectivity index (χ2v) is 11.2. The van der Waals surface area contributed by atoms with E-state index in [9.17, 15) is 0 Å². The molecule has 0 spiro atoms. The Balaban J connectivity index is 1.36. The van der Waals surface area contributed by atoms with Gasteiger partial charge in [0.1, 0.15) is 11.2 Å². The molecule has 0 aliphatic heterocycles. The van der Waals surface area contributed by atoms with Crippen LogP contribution in [0.15, 0.2) is 186 Å². The van der Waals surface area contributed by atoms with Crippen LogP contribution in [-0.2, 0) is 0 Å². The van der Waals surface area contributed by atoms with Gasteiger partial charge < -0.3 is 19.5 Å². The van der Waals surface area contributed by atoms with E-state index in [1.165, 1.54) is 0 Å². The largest absolute Gasteiger partial charge is 0.456 e. The maximum Gasteiger partial charge on any atom is 0.137 e. The molecule has 4 heteroatoms. The summed E-state index contributed by atoms with van der Waals surface area (Å²) >= 11 is 0. The van der Waals surface area contributed by atoms with Crippen molar-refractivity contribution >= 4 is 67.4 Å². The lowest BCUT2D eigenvalue weighted by atomic mass is 10.1. The summed E-state index contributed by atoms with van der Waals surface area (Å²) in [5.41, 5.74) is 10.0. The molecular formula is C42H31N3O. The molecule has 1 aromatic heterocycles. The number of fused-ring (bicyclic) bond motifs is 3. The van der Waals surface area contributed by atoms with Gasteiger partial charge in [0.25, 0.3) is 0 Å². The van der Waals surface area contributed by atoms with E-state index in [4.69, 9.17) is 4.42 Å². The standard InChI is InChI=1S/C42H31N3O/c1-5-16-32(17-6-1)44(33-18-7-2-8-19-33)36-28-31(43-39-25-15-27-41-42(39)38-24-13-14-26-40(38)46-41)29-37(30-36)45(34-20-9-3-10-21-34)35-22-11-4-12-23-35/h1-30,43H. The predicted molar refractivity (Wildman–Crippen MR) is 193 cm³/mol. The minimum Gasteiger partial charge on any atom is -0.456 e. The van der Waals surface area contributed by atoms with E-state index < -0.39 is 0 Å². The van der Waals surface area contributed by atoms with Crippen LogP contribution in [0.2, 0.25) is 0 Å². The summed E-state index contributed by atoms with van der Waals surface area (Å²) in [6, 6.07) is 63.2. The average molecular weight is 594 g/mol. The van der Waals surface area contributed by atoms with Gasteiger partial charge in [-0.1, -0.05) is 97.1 Å². The van der Waals surface area contributed by atoms with E-state index in [0.717, 1.165) is 67.4 Å². The Morgan fingerprint density at radius 1 is 0.370 bits per heavy atom. The number of anilines is 8. The fraction of sp³-hybridized carbons (Fsp3) is 0. The lowest BCUT2D eigenvalue weighted by Crippen LogP contribution is -2.13. The minimum absolute atomic E-state index is 0.855. The van der Waals surface area contributed by atoms with Crippen molar-refractivity contribution in [1.82, 2.24) is 0 Å². The number of nitrogens with zero attached hydrogens (tertiary/aromatic N) is 2. The monoisotopic (exact) mass is 593 g/mol. The molecule has 220 valence electrons. The predicted octanol–water partition coefficient (Wildman–Crippen LogP) is 12.3. The van der Waals surface area contributed by atoms with E-state index in [1.807, 2.05) is 24.3 Å². The first kappa shape index (κ1) is 27.3. The fourth-order valence-electron chi connectivity index (χ4n) is 6.16. The summed E-state index contributed by atoms with van der Waals surface area (Å²) in [5.74, 6) is 0. The Morgan fingerprint density at radius 2 is 0.804 bits per heavy atom. The summed E-state index contributed by atoms with van der Waals surface area (Å²) in [6.45, 7) is 0. The molecule has 0 aliphatic carbocycles. The minimum atomic E-state index is 0.855. The highest BCUT2D eigenvalue weighted by Gasteiger charge is 2.19. The fourth-order valence-corrected chi connectivity index (χ4v) is 6.16. The Bertz CT molecular complexity index is 2050. The van der Waals surface area contributed by atoms with Crippen LogP contribution in [0, 0.1) is 0 Å². The maximum atomic E-state index is 6.23. The molecule has 8 rings (SSSR count). The van der Waals surface area contributed by atoms with Gasteiger partial charge in [-0.2, -0.15) is 0 Å². The van der Waals surface area contributed by atoms with Crippen LogP contribution in [0.1, 0.15) is 0 Å². The SMILES string of the molecule is c1ccc(N(c2ccccc2)c2cc(Nc3cccc4oc5ccccc5c34)cc(N(c3ccccc3)c3ccccc3)c2)cc1. The Kier molecular flexibility index (Phi) is 7.14. The summed E-state index contributed by atoms with van der Waals surface area (Å²) in [7, 11) is 0. The van der Waals surface area contributed by atoms with Crippen molar-refractivity contribution < 1.29 is 4.42 Å². The highest BCUT2D eigenvalue weighted by molar-refractivity contribution is 6.12. The van der Waals surface area contributed by atoms with Gasteiger partial charge in [-0.3, -0.25) is 0 Å². The number of rotatable bonds is 8. The van der Waals surface area contributed by atoms with Crippen molar-refractivity contribution in [2.45, 2.75) is 0 Å². The molecular weight excluding hydrogens is 562 g/mol. The lowest BCUT2D eigenvalue weighted by Gasteiger charge is -2.30. The number of furan rings is 1. The first-order valence-corrected chi connectivity index (χ1v) is 15.4. The second-order valence-electron chi connectivity index (χ2n) is 11.2. The summed E-state index contributed by atoms with van der Waals surface area (Å²) in [4.78, 5) is 4.60. The number of hydrogen-bond donors (Lipinski definition) is 1. The average Bonchev–Trinajstić information content (AvgIpc) is 3.50. The zero-order chi connectivity index (χ0) is 30.7. The van der Waals surface area contributed by atoms with Crippen molar-refractivity contribution in [3.05, 3.63) is 182 Å². The summed E-state index contributed by atoms with van der Waals surface area (Å²) in [6.07, 6.45) is 0. The normalized spacial score (nSPS) is 11.0. The third-order valence-corrected chi connectivity index (χ3v) is 8.16. The highest BCUT2D eigenvalue weighted by atomic mass is 16.3. The molecule has 0 amide bonds. The number of para-hydroxylation sites is 5. The van der Waals surface area contributed by atoms with E-state index in [-0.39, 0.29) is 0 Å². The molecule has 4 nitrogen and oxygen atoms in total. The van der Waals surface area contributed by atoms with Crippen molar-refractivity contribution in [1.29, 1.82) is 0 Å². The van der Waals surface area contributed by atoms with Gasteiger partial charge in [0.2, 0.25) is 0 Å². The van der Waals surface area contributed by atoms with Crippen LogP contribution in [0.5, 0.6) is 0 Å². The smallest absolute Gasteiger partial charge is 0.137 e. The Labute approximate surface area is 268 Å². The molecule has 0 unspecified atom stereocenters. The van der Waals surface area contributed by atoms with Crippen LogP contribution < -0.4 is 15.1 Å². The first-order valence-electron chi connectivity index (χ1n) is 15.4. The third kappa shape index (κ3) is 5.23. The van der Waals surface area contributed by atoms with Crippen LogP contribution in [-0.4, -0.2) is 0 Å². The molecule has 7 aromatic carbocycles. The van der Waals surface area contributed by atoms with E-state index in [1.54, 1.807) is 0 Å². The molecule has 1 N–H and O–H groups in total. The van der Waals surface area contributed by atoms with E-state index >= 15 is 0 Å². The lowest BCUT2D eigenvalue weighted by molar-refractivity contribution is 0.669. The highest BCUT2D eigenvalue weighted by Crippen LogP contribution is 2.43. The molecule has 1 heterocycles. The van der Waals surface area contributed by atoms with E-state index in [2.05, 4.69) is 173 Å². The molecule has 0 radical (unpaired) electrons. The number of nitrogens with one attached hydrogen (secondary N) is 1. The molecule has 8 aromatic rings. The van der Waals surface area contributed by atoms with E-state index in [0.29, 0.717) is 0 Å². The van der Waals surface area contributed by atoms with Crippen molar-refractivity contribution in [2.24, 2.45) is 0 Å². The molecule has 0 saturated heterocycles. The number of hydrogen-bond acceptors (Lipinski definition) is 4. The van der Waals surface area contributed by atoms with Gasteiger partial charge in [0.05, 0.1) is 22.4 Å². The molecule has 46 heavy (non-hydrogen) atoms. The molecule has 0 atom stereocenters. The van der Waals surface area contributed by atoms with Crippen LogP contribution in [0.4, 0.5) is 45.5 Å². The second kappa shape index (κ2) is 12.0. The Hall–Kier alpha value is -6.26. The molecule has 0 saturated carbocycles. The van der Waals surface area contributed by atoms with Crippen LogP contribution in [0.3, 0.4) is 0 Å². The van der Waals surface area contributed by atoms with Crippen molar-refractivity contribution in [3.8, 4) is 0 Å². The van der Waals surface area contributed by atoms with Crippen LogP contribution in [0.25, 0.3) is 21.9 Å². The van der Waals surface area contributed by atoms with Gasteiger partial charge >= 0.3 is 0 Å². The van der Waals surface area contributed by atoms with Crippen molar-refractivity contribution in [3.63, 3.8) is 0 Å². The van der Waals surface area contributed by atoms with Gasteiger partial charge in [-0.15, -0.1) is 0 Å². The van der Waals surface area contributed by atoms with Crippen molar-refractivity contribution in [2.75, 3.05) is 15.1 Å². The van der Waals surface area contributed by atoms with Gasteiger partial charge in [-0.05, 0) is 84.9 Å². The first-order chi connectivity index (χ1) is 22.8. The summed E-state index contributed by atoms with van der Waals surface area (Å²) in [5, 5.41) is 5.96. The quantitative estimate of drug-likeness (QED) is 0.190. The Morgan fingerprint density at radius 3 is 1.30 bits per heavy atom.